The first-order chi connectivity index (χ1) is 20.9. The monoisotopic (exact) mass is 641 g/mol. The Morgan fingerprint density at radius 1 is 1.04 bits per heavy atom. The molecule has 0 aromatic heterocycles. The highest BCUT2D eigenvalue weighted by molar-refractivity contribution is 6.30. The van der Waals surface area contributed by atoms with Crippen molar-refractivity contribution in [1.82, 2.24) is 0 Å². The van der Waals surface area contributed by atoms with Crippen molar-refractivity contribution in [2.24, 2.45) is 5.73 Å². The molecule has 0 bridgehead atoms. The maximum absolute atomic E-state index is 13.5. The maximum atomic E-state index is 13.5. The van der Waals surface area contributed by atoms with E-state index in [4.69, 9.17) is 19.9 Å². The first kappa shape index (κ1) is 32.7. The molecule has 5 N–H and O–H groups in total. The molecule has 238 valence electrons. The van der Waals surface area contributed by atoms with Crippen molar-refractivity contribution in [2.75, 3.05) is 0 Å². The van der Waals surface area contributed by atoms with E-state index in [1.807, 2.05) is 0 Å². The van der Waals surface area contributed by atoms with Gasteiger partial charge < -0.3 is 35.3 Å². The zero-order valence-electron chi connectivity index (χ0n) is 24.5. The molecule has 1 aliphatic heterocycles. The van der Waals surface area contributed by atoms with Gasteiger partial charge in [0.15, 0.2) is 23.6 Å². The minimum atomic E-state index is -2.00. The largest absolute Gasteiger partial charge is 0.507 e. The van der Waals surface area contributed by atoms with Gasteiger partial charge in [0.25, 0.3) is 0 Å². The summed E-state index contributed by atoms with van der Waals surface area (Å²) in [4.78, 5) is 39.6. The highest BCUT2D eigenvalue weighted by Gasteiger charge is 2.49. The second kappa shape index (κ2) is 12.2. The fourth-order valence-corrected chi connectivity index (χ4v) is 6.45. The predicted molar refractivity (Wildman–Crippen MR) is 160 cm³/mol. The molecule has 10 nitrogen and oxygen atoms in total. The van der Waals surface area contributed by atoms with Crippen LogP contribution in [0.3, 0.4) is 0 Å². The molecule has 0 spiro atoms. The Morgan fingerprint density at radius 2 is 1.64 bits per heavy atom. The van der Waals surface area contributed by atoms with E-state index < -0.39 is 71.5 Å². The first-order valence-electron chi connectivity index (χ1n) is 14.3. The number of nitrogens with two attached hydrogens (primary N) is 1. The number of carbonyl (C=O) groups is 3. The molecule has 45 heavy (non-hydrogen) atoms. The average Bonchev–Trinajstić information content (AvgIpc) is 2.98. The Kier molecular flexibility index (Phi) is 8.89. The van der Waals surface area contributed by atoms with Crippen molar-refractivity contribution in [3.05, 3.63) is 93.3 Å². The second-order valence-electron chi connectivity index (χ2n) is 11.7. The molecule has 2 aliphatic carbocycles. The molecule has 6 rings (SSSR count). The summed E-state index contributed by atoms with van der Waals surface area (Å²) < 4.78 is 31.6. The normalized spacial score (nSPS) is 27.2. The number of rotatable bonds is 6. The first-order valence-corrected chi connectivity index (χ1v) is 14.3. The van der Waals surface area contributed by atoms with Crippen molar-refractivity contribution in [1.29, 1.82) is 0 Å². The standard InChI is InChI=1S/C33H32FNO9.ClH/c1-15-32(42-14-17-7-9-18(34)10-8-17)22(35)11-24(43-15)44-23-13-33(41,16(2)36)12-21-25(23)31(40)27-26(30(21)39)28(37)19-5-3-4-6-20(19)29(27)38;/h3-10,15,22-24,32,39-41H,11-14,35H2,1-2H3;1H/t15-,22-,23-,24-,32+,33-;/m0./s1. The number of phenolic OH excluding ortho intramolecular Hbond substituents is 2. The summed E-state index contributed by atoms with van der Waals surface area (Å²) >= 11 is 0. The van der Waals surface area contributed by atoms with Gasteiger partial charge in [-0.1, -0.05) is 36.4 Å². The minimum Gasteiger partial charge on any atom is -0.507 e. The SMILES string of the molecule is CC(=O)[C@]1(O)Cc2c(O)c3c(c(O)c2[C@@H](O[C@H]2C[C@H](N)[C@H](OCc4ccc(F)cc4)[C@H](C)O2)C1)C(=O)c1ccccc1C3=O.Cl. The van der Waals surface area contributed by atoms with Gasteiger partial charge in [-0.2, -0.15) is 0 Å². The zero-order chi connectivity index (χ0) is 31.5. The van der Waals surface area contributed by atoms with E-state index in [1.165, 1.54) is 31.2 Å². The molecule has 0 amide bonds. The van der Waals surface area contributed by atoms with E-state index in [-0.39, 0.29) is 71.1 Å². The third-order valence-electron chi connectivity index (χ3n) is 8.82. The molecular weight excluding hydrogens is 609 g/mol. The van der Waals surface area contributed by atoms with Crippen LogP contribution in [0.1, 0.15) is 81.3 Å². The van der Waals surface area contributed by atoms with Crippen molar-refractivity contribution in [3.63, 3.8) is 0 Å². The van der Waals surface area contributed by atoms with Crippen LogP contribution in [0.5, 0.6) is 11.5 Å². The summed E-state index contributed by atoms with van der Waals surface area (Å²) in [5.41, 5.74) is 4.53. The number of carbonyl (C=O) groups excluding carboxylic acids is 3. The van der Waals surface area contributed by atoms with Crippen LogP contribution in [0, 0.1) is 5.82 Å². The Labute approximate surface area is 264 Å². The lowest BCUT2D eigenvalue weighted by atomic mass is 9.72. The predicted octanol–water partition coefficient (Wildman–Crippen LogP) is 3.81. The number of fused-ring (bicyclic) bond motifs is 3. The third-order valence-corrected chi connectivity index (χ3v) is 8.82. The van der Waals surface area contributed by atoms with Gasteiger partial charge in [0.05, 0.1) is 36.0 Å². The molecule has 1 fully saturated rings. The van der Waals surface area contributed by atoms with Gasteiger partial charge in [-0.3, -0.25) is 14.4 Å². The van der Waals surface area contributed by atoms with Crippen molar-refractivity contribution in [2.45, 2.75) is 76.0 Å². The lowest BCUT2D eigenvalue weighted by Crippen LogP contribution is -2.53. The number of phenols is 2. The molecule has 1 heterocycles. The summed E-state index contributed by atoms with van der Waals surface area (Å²) in [6.07, 6.45) is -3.90. The summed E-state index contributed by atoms with van der Waals surface area (Å²) in [5.74, 6) is -3.45. The van der Waals surface area contributed by atoms with Crippen LogP contribution in [0.4, 0.5) is 4.39 Å². The number of ketones is 3. The summed E-state index contributed by atoms with van der Waals surface area (Å²) in [6.45, 7) is 3.11. The quantitative estimate of drug-likeness (QED) is 0.228. The van der Waals surface area contributed by atoms with Gasteiger partial charge in [0.1, 0.15) is 22.9 Å². The summed E-state index contributed by atoms with van der Waals surface area (Å²) in [5, 5.41) is 34.3. The molecule has 1 saturated heterocycles. The van der Waals surface area contributed by atoms with Crippen LogP contribution in [0.25, 0.3) is 0 Å². The maximum Gasteiger partial charge on any atom is 0.198 e. The van der Waals surface area contributed by atoms with Gasteiger partial charge in [-0.15, -0.1) is 12.4 Å². The van der Waals surface area contributed by atoms with Crippen LogP contribution < -0.4 is 5.73 Å². The Bertz CT molecular complexity index is 1670. The summed E-state index contributed by atoms with van der Waals surface area (Å²) in [7, 11) is 0. The van der Waals surface area contributed by atoms with Gasteiger partial charge in [-0.05, 0) is 31.5 Å². The molecule has 3 aromatic carbocycles. The number of aliphatic hydroxyl groups is 1. The van der Waals surface area contributed by atoms with E-state index in [1.54, 1.807) is 31.2 Å². The number of hydrogen-bond acceptors (Lipinski definition) is 10. The number of hydrogen-bond donors (Lipinski definition) is 4. The van der Waals surface area contributed by atoms with E-state index in [2.05, 4.69) is 0 Å². The Hall–Kier alpha value is -3.71. The van der Waals surface area contributed by atoms with Crippen LogP contribution in [0.2, 0.25) is 0 Å². The van der Waals surface area contributed by atoms with E-state index in [0.717, 1.165) is 5.56 Å². The molecule has 3 aromatic rings. The second-order valence-corrected chi connectivity index (χ2v) is 11.7. The van der Waals surface area contributed by atoms with Crippen molar-refractivity contribution in [3.8, 4) is 11.5 Å². The smallest absolute Gasteiger partial charge is 0.198 e. The van der Waals surface area contributed by atoms with Gasteiger partial charge in [0.2, 0.25) is 0 Å². The highest BCUT2D eigenvalue weighted by atomic mass is 35.5. The molecule has 6 atom stereocenters. The topological polar surface area (TPSA) is 166 Å². The third kappa shape index (κ3) is 5.65. The van der Waals surface area contributed by atoms with Gasteiger partial charge in [-0.25, -0.2) is 4.39 Å². The lowest BCUT2D eigenvalue weighted by Gasteiger charge is -2.43. The van der Waals surface area contributed by atoms with Gasteiger partial charge >= 0.3 is 0 Å². The van der Waals surface area contributed by atoms with Crippen molar-refractivity contribution >= 4 is 29.8 Å². The van der Waals surface area contributed by atoms with Gasteiger partial charge in [0, 0.05) is 47.6 Å². The number of benzene rings is 3. The molecule has 12 heteroatoms. The molecule has 3 aliphatic rings. The zero-order valence-corrected chi connectivity index (χ0v) is 25.3. The number of aromatic hydroxyl groups is 2. The summed E-state index contributed by atoms with van der Waals surface area (Å²) in [6, 6.07) is 11.4. The van der Waals surface area contributed by atoms with E-state index >= 15 is 0 Å². The van der Waals surface area contributed by atoms with E-state index in [9.17, 15) is 34.1 Å². The fraction of sp³-hybridized carbons (Fsp3) is 0.364. The molecule has 0 saturated carbocycles. The molecule has 0 radical (unpaired) electrons. The van der Waals surface area contributed by atoms with Crippen LogP contribution in [0.15, 0.2) is 48.5 Å². The molecule has 0 unspecified atom stereocenters. The van der Waals surface area contributed by atoms with Crippen LogP contribution >= 0.6 is 12.4 Å². The number of Topliss-reactive ketones (excluding diaryl/α,β-unsaturated/α-hetero) is 1. The highest BCUT2D eigenvalue weighted by Crippen LogP contribution is 2.52. The fourth-order valence-electron chi connectivity index (χ4n) is 6.45. The van der Waals surface area contributed by atoms with Crippen molar-refractivity contribution < 1.29 is 48.3 Å². The molecular formula is C33H33ClFNO9. The van der Waals surface area contributed by atoms with Crippen LogP contribution in [-0.2, 0) is 32.0 Å². The minimum absolute atomic E-state index is 0. The lowest BCUT2D eigenvalue weighted by molar-refractivity contribution is -0.254. The average molecular weight is 642 g/mol. The Morgan fingerprint density at radius 3 is 2.22 bits per heavy atom. The van der Waals surface area contributed by atoms with E-state index in [0.29, 0.717) is 0 Å². The number of ether oxygens (including phenoxy) is 3. The Balaban J connectivity index is 0.00000400. The number of halogens is 2. The van der Waals surface area contributed by atoms with Crippen LogP contribution in [-0.4, -0.2) is 62.8 Å².